The molecule has 2 aliphatic heterocycles. The molecule has 3 fully saturated rings. The van der Waals surface area contributed by atoms with Crippen LogP contribution in [0.1, 0.15) is 51.4 Å². The first-order valence-corrected chi connectivity index (χ1v) is 14.7. The molecular formula is C27H50N8O2. The maximum absolute atomic E-state index is 8.83. The molecule has 0 radical (unpaired) electrons. The van der Waals surface area contributed by atoms with E-state index in [0.29, 0.717) is 30.9 Å². The maximum Gasteiger partial charge on any atom is 0.226 e. The second kappa shape index (κ2) is 15.6. The molecule has 1 saturated carbocycles. The predicted octanol–water partition coefficient (Wildman–Crippen LogP) is 1.63. The van der Waals surface area contributed by atoms with Crippen molar-refractivity contribution < 1.29 is 9.84 Å². The van der Waals surface area contributed by atoms with Gasteiger partial charge in [0.25, 0.3) is 0 Å². The number of ether oxygens (including phenoxy) is 1. The van der Waals surface area contributed by atoms with Crippen molar-refractivity contribution in [1.29, 1.82) is 0 Å². The molecule has 4 rings (SSSR count). The first-order valence-electron chi connectivity index (χ1n) is 14.7. The lowest BCUT2D eigenvalue weighted by atomic mass is 9.95. The van der Waals surface area contributed by atoms with Gasteiger partial charge in [-0.05, 0) is 64.2 Å². The number of rotatable bonds is 14. The number of piperidine rings is 1. The first kappa shape index (κ1) is 28.3. The number of piperazine rings is 1. The summed E-state index contributed by atoms with van der Waals surface area (Å²) in [5.74, 6) is 2.72. The van der Waals surface area contributed by atoms with Crippen LogP contribution in [0.4, 0.5) is 17.6 Å². The molecule has 0 atom stereocenters. The van der Waals surface area contributed by atoms with E-state index in [1.165, 1.54) is 71.0 Å². The van der Waals surface area contributed by atoms with Crippen molar-refractivity contribution in [1.82, 2.24) is 25.1 Å². The van der Waals surface area contributed by atoms with E-state index in [1.54, 1.807) is 0 Å². The standard InChI is InChI=1S/C27H50N8O2/c28-25-21-26(35-15-13-34(14-16-35)17-19-37-20-18-36)32-27(31-25)30-22-23-7-11-33(12-8-23)10-4-9-29-24-5-2-1-3-6-24/h21,23-24,29,36H,1-20,22H2,(H3,28,30,31,32). The van der Waals surface area contributed by atoms with E-state index < -0.39 is 0 Å². The number of aliphatic hydroxyl groups excluding tert-OH is 1. The minimum atomic E-state index is 0.0801. The van der Waals surface area contributed by atoms with E-state index in [4.69, 9.17) is 20.6 Å². The topological polar surface area (TPSA) is 115 Å². The molecule has 0 spiro atoms. The number of nitrogens with one attached hydrogen (secondary N) is 2. The number of nitrogens with two attached hydrogens (primary N) is 1. The van der Waals surface area contributed by atoms with Gasteiger partial charge >= 0.3 is 0 Å². The number of aromatic nitrogens is 2. The molecule has 0 unspecified atom stereocenters. The van der Waals surface area contributed by atoms with Crippen LogP contribution in [0.3, 0.4) is 0 Å². The number of hydrogen-bond acceptors (Lipinski definition) is 10. The highest BCUT2D eigenvalue weighted by Crippen LogP contribution is 2.21. The van der Waals surface area contributed by atoms with Crippen LogP contribution in [0.25, 0.3) is 0 Å². The Balaban J connectivity index is 1.11. The molecule has 3 aliphatic rings. The van der Waals surface area contributed by atoms with Gasteiger partial charge < -0.3 is 36.0 Å². The van der Waals surface area contributed by atoms with Gasteiger partial charge in [0.05, 0.1) is 19.8 Å². The zero-order valence-corrected chi connectivity index (χ0v) is 22.8. The molecule has 3 heterocycles. The van der Waals surface area contributed by atoms with Crippen LogP contribution in [-0.2, 0) is 4.74 Å². The van der Waals surface area contributed by atoms with Crippen molar-refractivity contribution >= 4 is 17.6 Å². The summed E-state index contributed by atoms with van der Waals surface area (Å²) in [6, 6.07) is 2.65. The quantitative estimate of drug-likeness (QED) is 0.271. The average molecular weight is 519 g/mol. The van der Waals surface area contributed by atoms with Crippen LogP contribution >= 0.6 is 0 Å². The van der Waals surface area contributed by atoms with E-state index in [9.17, 15) is 0 Å². The fraction of sp³-hybridized carbons (Fsp3) is 0.852. The Labute approximate surface area is 223 Å². The van der Waals surface area contributed by atoms with Gasteiger partial charge in [-0.1, -0.05) is 19.3 Å². The highest BCUT2D eigenvalue weighted by molar-refractivity contribution is 5.51. The van der Waals surface area contributed by atoms with Crippen molar-refractivity contribution in [2.75, 3.05) is 101 Å². The molecule has 1 aliphatic carbocycles. The van der Waals surface area contributed by atoms with Gasteiger partial charge in [-0.3, -0.25) is 4.90 Å². The molecule has 0 amide bonds. The highest BCUT2D eigenvalue weighted by atomic mass is 16.5. The SMILES string of the molecule is Nc1cc(N2CCN(CCOCCO)CC2)nc(NCC2CCN(CCCNC3CCCCC3)CC2)n1. The van der Waals surface area contributed by atoms with Crippen LogP contribution in [0.15, 0.2) is 6.07 Å². The van der Waals surface area contributed by atoms with E-state index in [-0.39, 0.29) is 6.61 Å². The number of nitrogen functional groups attached to an aromatic ring is 1. The van der Waals surface area contributed by atoms with Crippen molar-refractivity contribution in [3.8, 4) is 0 Å². The molecule has 0 aromatic carbocycles. The van der Waals surface area contributed by atoms with Crippen molar-refractivity contribution in [3.63, 3.8) is 0 Å². The van der Waals surface area contributed by atoms with Gasteiger partial charge in [-0.15, -0.1) is 0 Å². The summed E-state index contributed by atoms with van der Waals surface area (Å²) < 4.78 is 5.40. The Bertz CT molecular complexity index is 763. The van der Waals surface area contributed by atoms with Crippen molar-refractivity contribution in [3.05, 3.63) is 6.07 Å². The Kier molecular flexibility index (Phi) is 12.0. The minimum Gasteiger partial charge on any atom is -0.394 e. The van der Waals surface area contributed by atoms with E-state index in [0.717, 1.165) is 57.7 Å². The summed E-state index contributed by atoms with van der Waals surface area (Å²) in [7, 11) is 0. The Hall–Kier alpha value is -1.72. The van der Waals surface area contributed by atoms with E-state index >= 15 is 0 Å². The summed E-state index contributed by atoms with van der Waals surface area (Å²) in [4.78, 5) is 16.6. The number of likely N-dealkylation sites (tertiary alicyclic amines) is 1. The highest BCUT2D eigenvalue weighted by Gasteiger charge is 2.21. The lowest BCUT2D eigenvalue weighted by Crippen LogP contribution is -2.47. The third kappa shape index (κ3) is 9.83. The van der Waals surface area contributed by atoms with Gasteiger partial charge in [0, 0.05) is 51.4 Å². The summed E-state index contributed by atoms with van der Waals surface area (Å²) in [6.45, 7) is 11.4. The molecule has 1 aromatic rings. The summed E-state index contributed by atoms with van der Waals surface area (Å²) in [5.41, 5.74) is 6.14. The molecule has 10 nitrogen and oxygen atoms in total. The first-order chi connectivity index (χ1) is 18.2. The third-order valence-electron chi connectivity index (χ3n) is 8.16. The smallest absolute Gasteiger partial charge is 0.226 e. The maximum atomic E-state index is 8.83. The molecule has 10 heteroatoms. The molecule has 5 N–H and O–H groups in total. The lowest BCUT2D eigenvalue weighted by molar-refractivity contribution is 0.0724. The lowest BCUT2D eigenvalue weighted by Gasteiger charge is -2.35. The molecule has 37 heavy (non-hydrogen) atoms. The minimum absolute atomic E-state index is 0.0801. The zero-order chi connectivity index (χ0) is 25.7. The number of aliphatic hydroxyl groups is 1. The third-order valence-corrected chi connectivity index (χ3v) is 8.16. The Morgan fingerprint density at radius 2 is 1.68 bits per heavy atom. The van der Waals surface area contributed by atoms with Crippen LogP contribution < -0.4 is 21.3 Å². The predicted molar refractivity (Wildman–Crippen MR) is 150 cm³/mol. The monoisotopic (exact) mass is 518 g/mol. The largest absolute Gasteiger partial charge is 0.394 e. The second-order valence-electron chi connectivity index (χ2n) is 10.9. The van der Waals surface area contributed by atoms with Crippen LogP contribution in [0.2, 0.25) is 0 Å². The van der Waals surface area contributed by atoms with Crippen molar-refractivity contribution in [2.24, 2.45) is 5.92 Å². The molecule has 210 valence electrons. The zero-order valence-electron chi connectivity index (χ0n) is 22.8. The summed E-state index contributed by atoms with van der Waals surface area (Å²) in [5, 5.41) is 16.1. The van der Waals surface area contributed by atoms with Crippen LogP contribution in [0.5, 0.6) is 0 Å². The summed E-state index contributed by atoms with van der Waals surface area (Å²) in [6.07, 6.45) is 10.7. The van der Waals surface area contributed by atoms with E-state index in [1.807, 2.05) is 6.07 Å². The molecule has 0 bridgehead atoms. The van der Waals surface area contributed by atoms with Gasteiger partial charge in [0.2, 0.25) is 5.95 Å². The Morgan fingerprint density at radius 3 is 2.43 bits per heavy atom. The van der Waals surface area contributed by atoms with Crippen LogP contribution in [0, 0.1) is 5.92 Å². The van der Waals surface area contributed by atoms with Gasteiger partial charge in [0.15, 0.2) is 0 Å². The fourth-order valence-corrected chi connectivity index (χ4v) is 5.82. The molecule has 2 saturated heterocycles. The second-order valence-corrected chi connectivity index (χ2v) is 10.9. The Morgan fingerprint density at radius 1 is 0.919 bits per heavy atom. The van der Waals surface area contributed by atoms with Crippen molar-refractivity contribution in [2.45, 2.75) is 57.4 Å². The van der Waals surface area contributed by atoms with Gasteiger partial charge in [0.1, 0.15) is 11.6 Å². The molecular weight excluding hydrogens is 468 g/mol. The average Bonchev–Trinajstić information content (AvgIpc) is 2.94. The number of nitrogens with zero attached hydrogens (tertiary/aromatic N) is 5. The van der Waals surface area contributed by atoms with Crippen LogP contribution in [-0.4, -0.2) is 116 Å². The summed E-state index contributed by atoms with van der Waals surface area (Å²) >= 11 is 0. The number of anilines is 3. The molecule has 1 aromatic heterocycles. The normalized spacial score (nSPS) is 20.9. The fourth-order valence-electron chi connectivity index (χ4n) is 5.82. The van der Waals surface area contributed by atoms with Gasteiger partial charge in [-0.2, -0.15) is 9.97 Å². The number of hydrogen-bond donors (Lipinski definition) is 4. The van der Waals surface area contributed by atoms with Gasteiger partial charge in [-0.25, -0.2) is 0 Å². The van der Waals surface area contributed by atoms with E-state index in [2.05, 4.69) is 30.3 Å².